The van der Waals surface area contributed by atoms with Crippen LogP contribution in [0.15, 0.2) is 22.8 Å². The van der Waals surface area contributed by atoms with Crippen LogP contribution >= 0.6 is 23.1 Å². The monoisotopic (exact) mass is 281 g/mol. The average molecular weight is 281 g/mol. The van der Waals surface area contributed by atoms with Crippen LogP contribution in [0.2, 0.25) is 0 Å². The molecule has 0 saturated heterocycles. The molecular weight excluding hydrogens is 270 g/mol. The normalized spacial score (nSPS) is 10.3. The van der Waals surface area contributed by atoms with Gasteiger partial charge in [-0.1, -0.05) is 11.8 Å². The number of nitrogens with zero attached hydrogens (tertiary/aromatic N) is 3. The minimum atomic E-state index is -0.123. The highest BCUT2D eigenvalue weighted by Gasteiger charge is 2.06. The first-order valence-corrected chi connectivity index (χ1v) is 6.93. The summed E-state index contributed by atoms with van der Waals surface area (Å²) in [6.07, 6.45) is 3.15. The predicted molar refractivity (Wildman–Crippen MR) is 72.4 cm³/mol. The second kappa shape index (κ2) is 5.78. The highest BCUT2D eigenvalue weighted by atomic mass is 32.2. The van der Waals surface area contributed by atoms with Crippen LogP contribution in [0.3, 0.4) is 0 Å². The Morgan fingerprint density at radius 1 is 1.50 bits per heavy atom. The molecule has 0 aliphatic carbocycles. The zero-order valence-corrected chi connectivity index (χ0v) is 11.2. The van der Waals surface area contributed by atoms with E-state index in [1.807, 2.05) is 5.38 Å². The van der Waals surface area contributed by atoms with Gasteiger partial charge in [0.2, 0.25) is 5.91 Å². The fourth-order valence-electron chi connectivity index (χ4n) is 1.17. The van der Waals surface area contributed by atoms with E-state index in [4.69, 9.17) is 5.73 Å². The topological polar surface area (TPSA) is 93.8 Å². The summed E-state index contributed by atoms with van der Waals surface area (Å²) < 4.78 is 0. The number of thioether (sulfide) groups is 1. The van der Waals surface area contributed by atoms with Crippen LogP contribution in [0, 0.1) is 0 Å². The summed E-state index contributed by atoms with van der Waals surface area (Å²) in [6.45, 7) is 1.45. The van der Waals surface area contributed by atoms with Gasteiger partial charge in [0.15, 0.2) is 10.9 Å². The van der Waals surface area contributed by atoms with E-state index < -0.39 is 0 Å². The van der Waals surface area contributed by atoms with Crippen LogP contribution in [0.25, 0.3) is 0 Å². The van der Waals surface area contributed by atoms with E-state index in [1.54, 1.807) is 12.4 Å². The number of nitrogen functional groups attached to an aromatic ring is 1. The molecule has 0 saturated carbocycles. The van der Waals surface area contributed by atoms with E-state index in [9.17, 15) is 4.79 Å². The van der Waals surface area contributed by atoms with Gasteiger partial charge in [0.25, 0.3) is 0 Å². The van der Waals surface area contributed by atoms with E-state index in [-0.39, 0.29) is 5.91 Å². The quantitative estimate of drug-likeness (QED) is 0.829. The van der Waals surface area contributed by atoms with Crippen molar-refractivity contribution in [3.05, 3.63) is 23.5 Å². The van der Waals surface area contributed by atoms with Crippen molar-refractivity contribution >= 4 is 40.0 Å². The minimum Gasteiger partial charge on any atom is -0.381 e. The third-order valence-electron chi connectivity index (χ3n) is 1.88. The molecule has 1 amide bonds. The number of nitrogens with one attached hydrogen (secondary N) is 1. The van der Waals surface area contributed by atoms with Crippen molar-refractivity contribution in [2.24, 2.45) is 0 Å². The largest absolute Gasteiger partial charge is 0.381 e. The van der Waals surface area contributed by atoms with Gasteiger partial charge in [-0.2, -0.15) is 0 Å². The van der Waals surface area contributed by atoms with Crippen molar-refractivity contribution in [2.75, 3.05) is 11.1 Å². The van der Waals surface area contributed by atoms with Crippen molar-refractivity contribution in [2.45, 2.75) is 17.7 Å². The van der Waals surface area contributed by atoms with Crippen molar-refractivity contribution in [1.82, 2.24) is 15.0 Å². The third kappa shape index (κ3) is 3.41. The first-order chi connectivity index (χ1) is 8.65. The minimum absolute atomic E-state index is 0.123. The summed E-state index contributed by atoms with van der Waals surface area (Å²) in [6, 6.07) is 0. The molecule has 94 valence electrons. The number of thiazole rings is 1. The van der Waals surface area contributed by atoms with Gasteiger partial charge in [-0.15, -0.1) is 11.3 Å². The summed E-state index contributed by atoms with van der Waals surface area (Å²) >= 11 is 2.86. The van der Waals surface area contributed by atoms with Gasteiger partial charge < -0.3 is 11.1 Å². The molecule has 2 aromatic rings. The molecule has 0 spiro atoms. The lowest BCUT2D eigenvalue weighted by molar-refractivity contribution is -0.114. The molecular formula is C10H11N5OS2. The Labute approximate surface area is 112 Å². The summed E-state index contributed by atoms with van der Waals surface area (Å²) in [7, 11) is 0. The maximum Gasteiger partial charge on any atom is 0.223 e. The smallest absolute Gasteiger partial charge is 0.223 e. The van der Waals surface area contributed by atoms with Crippen molar-refractivity contribution in [3.8, 4) is 0 Å². The SMILES string of the molecule is CC(=O)Nc1nc(CSc2nccnc2N)cs1. The van der Waals surface area contributed by atoms with Crippen LogP contribution in [-0.4, -0.2) is 20.9 Å². The number of hydrogen-bond donors (Lipinski definition) is 2. The number of carbonyl (C=O) groups excluding carboxylic acids is 1. The molecule has 0 unspecified atom stereocenters. The van der Waals surface area contributed by atoms with E-state index in [1.165, 1.54) is 30.0 Å². The summed E-state index contributed by atoms with van der Waals surface area (Å²) in [5, 5.41) is 5.82. The third-order valence-corrected chi connectivity index (χ3v) is 3.72. The highest BCUT2D eigenvalue weighted by Crippen LogP contribution is 2.26. The lowest BCUT2D eigenvalue weighted by Gasteiger charge is -2.00. The zero-order chi connectivity index (χ0) is 13.0. The molecule has 0 fully saturated rings. The molecule has 6 nitrogen and oxygen atoms in total. The molecule has 2 heterocycles. The number of carbonyl (C=O) groups is 1. The summed E-state index contributed by atoms with van der Waals surface area (Å²) in [4.78, 5) is 23.2. The van der Waals surface area contributed by atoms with Gasteiger partial charge in [0.05, 0.1) is 5.69 Å². The Bertz CT molecular complexity index is 557. The Kier molecular flexibility index (Phi) is 4.11. The van der Waals surface area contributed by atoms with Gasteiger partial charge in [-0.3, -0.25) is 4.79 Å². The zero-order valence-electron chi connectivity index (χ0n) is 9.58. The van der Waals surface area contributed by atoms with Crippen LogP contribution < -0.4 is 11.1 Å². The number of aromatic nitrogens is 3. The maximum atomic E-state index is 10.9. The van der Waals surface area contributed by atoms with Crippen molar-refractivity contribution < 1.29 is 4.79 Å². The van der Waals surface area contributed by atoms with Crippen LogP contribution in [0.5, 0.6) is 0 Å². The standard InChI is InChI=1S/C10H11N5OS2/c1-6(16)14-10-15-7(5-18-10)4-17-9-8(11)12-2-3-13-9/h2-3,5H,4H2,1H3,(H2,11,12)(H,14,15,16). The molecule has 0 aliphatic rings. The first kappa shape index (κ1) is 12.8. The highest BCUT2D eigenvalue weighted by molar-refractivity contribution is 7.98. The van der Waals surface area contributed by atoms with Crippen LogP contribution in [0.4, 0.5) is 10.9 Å². The fraction of sp³-hybridized carbons (Fsp3) is 0.200. The molecule has 18 heavy (non-hydrogen) atoms. The second-order valence-electron chi connectivity index (χ2n) is 3.36. The number of hydrogen-bond acceptors (Lipinski definition) is 7. The lowest BCUT2D eigenvalue weighted by Crippen LogP contribution is -2.05. The number of anilines is 2. The molecule has 0 aliphatic heterocycles. The molecule has 0 aromatic carbocycles. The van der Waals surface area contributed by atoms with Crippen LogP contribution in [-0.2, 0) is 10.5 Å². The van der Waals surface area contributed by atoms with Gasteiger partial charge in [-0.25, -0.2) is 15.0 Å². The van der Waals surface area contributed by atoms with E-state index in [0.29, 0.717) is 21.7 Å². The number of rotatable bonds is 4. The van der Waals surface area contributed by atoms with E-state index in [0.717, 1.165) is 5.69 Å². The summed E-state index contributed by atoms with van der Waals surface area (Å²) in [5.41, 5.74) is 6.56. The summed E-state index contributed by atoms with van der Waals surface area (Å²) in [5.74, 6) is 0.931. The fourth-order valence-corrected chi connectivity index (χ4v) is 2.80. The Hall–Kier alpha value is -1.67. The molecule has 0 bridgehead atoms. The van der Waals surface area contributed by atoms with Crippen molar-refractivity contribution in [1.29, 1.82) is 0 Å². The van der Waals surface area contributed by atoms with Gasteiger partial charge in [0, 0.05) is 30.5 Å². The van der Waals surface area contributed by atoms with Gasteiger partial charge >= 0.3 is 0 Å². The molecule has 3 N–H and O–H groups in total. The molecule has 0 radical (unpaired) electrons. The van der Waals surface area contributed by atoms with E-state index in [2.05, 4.69) is 20.3 Å². The molecule has 2 aromatic heterocycles. The predicted octanol–water partition coefficient (Wildman–Crippen LogP) is 1.77. The maximum absolute atomic E-state index is 10.9. The van der Waals surface area contributed by atoms with Gasteiger partial charge in [0.1, 0.15) is 5.03 Å². The average Bonchev–Trinajstić information content (AvgIpc) is 2.75. The first-order valence-electron chi connectivity index (χ1n) is 5.06. The second-order valence-corrected chi connectivity index (χ2v) is 5.18. The Balaban J connectivity index is 1.96. The number of amides is 1. The van der Waals surface area contributed by atoms with Crippen molar-refractivity contribution in [3.63, 3.8) is 0 Å². The number of nitrogens with two attached hydrogens (primary N) is 1. The van der Waals surface area contributed by atoms with E-state index >= 15 is 0 Å². The molecule has 2 rings (SSSR count). The Morgan fingerprint density at radius 2 is 2.28 bits per heavy atom. The van der Waals surface area contributed by atoms with Gasteiger partial charge in [-0.05, 0) is 0 Å². The molecule has 0 atom stereocenters. The van der Waals surface area contributed by atoms with Crippen LogP contribution in [0.1, 0.15) is 12.6 Å². The molecule has 8 heteroatoms. The lowest BCUT2D eigenvalue weighted by atomic mass is 10.6. The Morgan fingerprint density at radius 3 is 3.00 bits per heavy atom.